The van der Waals surface area contributed by atoms with Gasteiger partial charge in [-0.1, -0.05) is 13.8 Å². The van der Waals surface area contributed by atoms with Gasteiger partial charge in [0.05, 0.1) is 0 Å². The highest BCUT2D eigenvalue weighted by molar-refractivity contribution is 5.76. The van der Waals surface area contributed by atoms with Crippen molar-refractivity contribution >= 4 is 5.91 Å². The molecule has 0 aromatic rings. The van der Waals surface area contributed by atoms with E-state index in [-0.39, 0.29) is 17.9 Å². The standard InChI is InChI=1S/C10H22N2O2/c1-10(2,5-3-7-13)8-12-9(14)4-6-11/h13H,3-8,11H2,1-2H3,(H,12,14). The molecule has 4 heteroatoms. The van der Waals surface area contributed by atoms with Crippen molar-refractivity contribution in [3.8, 4) is 0 Å². The minimum Gasteiger partial charge on any atom is -0.396 e. The first kappa shape index (κ1) is 13.4. The number of nitrogens with two attached hydrogens (primary N) is 1. The second-order valence-corrected chi connectivity index (χ2v) is 4.31. The normalized spacial score (nSPS) is 11.4. The van der Waals surface area contributed by atoms with E-state index in [9.17, 15) is 4.79 Å². The monoisotopic (exact) mass is 202 g/mol. The van der Waals surface area contributed by atoms with Gasteiger partial charge in [-0.2, -0.15) is 0 Å². The molecule has 14 heavy (non-hydrogen) atoms. The fraction of sp³-hybridized carbons (Fsp3) is 0.900. The number of aliphatic hydroxyl groups is 1. The molecule has 4 N–H and O–H groups in total. The summed E-state index contributed by atoms with van der Waals surface area (Å²) in [5, 5.41) is 11.5. The highest BCUT2D eigenvalue weighted by Gasteiger charge is 2.17. The molecule has 84 valence electrons. The summed E-state index contributed by atoms with van der Waals surface area (Å²) in [5.41, 5.74) is 5.30. The minimum atomic E-state index is 0.00423. The molecule has 0 aromatic heterocycles. The lowest BCUT2D eigenvalue weighted by Gasteiger charge is -2.24. The summed E-state index contributed by atoms with van der Waals surface area (Å²) in [6.07, 6.45) is 2.07. The Morgan fingerprint density at radius 2 is 2.14 bits per heavy atom. The van der Waals surface area contributed by atoms with Gasteiger partial charge in [0.1, 0.15) is 0 Å². The molecule has 0 rings (SSSR count). The molecular formula is C10H22N2O2. The van der Waals surface area contributed by atoms with E-state index in [2.05, 4.69) is 19.2 Å². The van der Waals surface area contributed by atoms with Crippen LogP contribution in [-0.4, -0.2) is 30.7 Å². The predicted molar refractivity (Wildman–Crippen MR) is 56.8 cm³/mol. The second-order valence-electron chi connectivity index (χ2n) is 4.31. The van der Waals surface area contributed by atoms with E-state index in [4.69, 9.17) is 10.8 Å². The average Bonchev–Trinajstić information content (AvgIpc) is 2.13. The fourth-order valence-corrected chi connectivity index (χ4v) is 1.20. The zero-order chi connectivity index (χ0) is 11.0. The summed E-state index contributed by atoms with van der Waals surface area (Å²) in [6.45, 7) is 5.39. The number of aliphatic hydroxyl groups excluding tert-OH is 1. The number of carbonyl (C=O) groups is 1. The lowest BCUT2D eigenvalue weighted by atomic mass is 9.88. The first-order valence-corrected chi connectivity index (χ1v) is 5.09. The van der Waals surface area contributed by atoms with Gasteiger partial charge in [-0.05, 0) is 18.3 Å². The summed E-state index contributed by atoms with van der Waals surface area (Å²) in [4.78, 5) is 11.1. The summed E-state index contributed by atoms with van der Waals surface area (Å²) in [7, 11) is 0. The van der Waals surface area contributed by atoms with Gasteiger partial charge in [0.15, 0.2) is 0 Å². The van der Waals surface area contributed by atoms with Crippen LogP contribution in [0, 0.1) is 5.41 Å². The van der Waals surface area contributed by atoms with Crippen molar-refractivity contribution in [2.45, 2.75) is 33.1 Å². The zero-order valence-corrected chi connectivity index (χ0v) is 9.18. The van der Waals surface area contributed by atoms with Crippen LogP contribution in [0.2, 0.25) is 0 Å². The van der Waals surface area contributed by atoms with Crippen molar-refractivity contribution in [3.63, 3.8) is 0 Å². The molecule has 0 saturated heterocycles. The Balaban J connectivity index is 3.68. The molecule has 0 radical (unpaired) electrons. The molecule has 1 amide bonds. The highest BCUT2D eigenvalue weighted by Crippen LogP contribution is 2.20. The second kappa shape index (κ2) is 6.79. The molecule has 0 heterocycles. The molecule has 0 aliphatic rings. The summed E-state index contributed by atoms with van der Waals surface area (Å²) in [6, 6.07) is 0. The van der Waals surface area contributed by atoms with Crippen LogP contribution in [0.5, 0.6) is 0 Å². The molecular weight excluding hydrogens is 180 g/mol. The van der Waals surface area contributed by atoms with Gasteiger partial charge >= 0.3 is 0 Å². The molecule has 4 nitrogen and oxygen atoms in total. The first-order chi connectivity index (χ1) is 6.52. The van der Waals surface area contributed by atoms with E-state index >= 15 is 0 Å². The lowest BCUT2D eigenvalue weighted by molar-refractivity contribution is -0.121. The lowest BCUT2D eigenvalue weighted by Crippen LogP contribution is -2.34. The maximum absolute atomic E-state index is 11.1. The van der Waals surface area contributed by atoms with Crippen LogP contribution in [0.3, 0.4) is 0 Å². The van der Waals surface area contributed by atoms with E-state index in [1.54, 1.807) is 0 Å². The number of hydrogen-bond donors (Lipinski definition) is 3. The van der Waals surface area contributed by atoms with Crippen LogP contribution in [-0.2, 0) is 4.79 Å². The first-order valence-electron chi connectivity index (χ1n) is 5.09. The van der Waals surface area contributed by atoms with E-state index < -0.39 is 0 Å². The van der Waals surface area contributed by atoms with Crippen LogP contribution in [0.1, 0.15) is 33.1 Å². The van der Waals surface area contributed by atoms with E-state index in [0.29, 0.717) is 19.5 Å². The van der Waals surface area contributed by atoms with Gasteiger partial charge in [-0.15, -0.1) is 0 Å². The third-order valence-electron chi connectivity index (χ3n) is 2.15. The maximum Gasteiger partial charge on any atom is 0.221 e. The van der Waals surface area contributed by atoms with Gasteiger partial charge in [-0.25, -0.2) is 0 Å². The van der Waals surface area contributed by atoms with Crippen molar-refractivity contribution in [2.24, 2.45) is 11.1 Å². The molecule has 0 spiro atoms. The number of carbonyl (C=O) groups excluding carboxylic acids is 1. The Hall–Kier alpha value is -0.610. The summed E-state index contributed by atoms with van der Waals surface area (Å²) >= 11 is 0. The van der Waals surface area contributed by atoms with E-state index in [1.807, 2.05) is 0 Å². The largest absolute Gasteiger partial charge is 0.396 e. The van der Waals surface area contributed by atoms with Crippen molar-refractivity contribution < 1.29 is 9.90 Å². The minimum absolute atomic E-state index is 0.00423. The van der Waals surface area contributed by atoms with Crippen LogP contribution >= 0.6 is 0 Å². The number of rotatable bonds is 7. The quantitative estimate of drug-likeness (QED) is 0.554. The number of nitrogens with one attached hydrogen (secondary N) is 1. The molecule has 0 saturated carbocycles. The predicted octanol–water partition coefficient (Wildman–Crippen LogP) is 0.250. The van der Waals surface area contributed by atoms with Gasteiger partial charge in [0, 0.05) is 26.1 Å². The van der Waals surface area contributed by atoms with Gasteiger partial charge < -0.3 is 16.2 Å². The Labute approximate surface area is 85.9 Å². The Kier molecular flexibility index (Phi) is 6.49. The Morgan fingerprint density at radius 3 is 2.64 bits per heavy atom. The van der Waals surface area contributed by atoms with Crippen LogP contribution in [0.25, 0.3) is 0 Å². The third-order valence-corrected chi connectivity index (χ3v) is 2.15. The molecule has 0 unspecified atom stereocenters. The van der Waals surface area contributed by atoms with E-state index in [0.717, 1.165) is 12.8 Å². The topological polar surface area (TPSA) is 75.3 Å². The third kappa shape index (κ3) is 6.86. The van der Waals surface area contributed by atoms with Gasteiger partial charge in [0.2, 0.25) is 5.91 Å². The average molecular weight is 202 g/mol. The van der Waals surface area contributed by atoms with Crippen LogP contribution in [0.15, 0.2) is 0 Å². The van der Waals surface area contributed by atoms with Crippen molar-refractivity contribution in [1.29, 1.82) is 0 Å². The van der Waals surface area contributed by atoms with Crippen molar-refractivity contribution in [1.82, 2.24) is 5.32 Å². The summed E-state index contributed by atoms with van der Waals surface area (Å²) in [5.74, 6) is 0.00423. The summed E-state index contributed by atoms with van der Waals surface area (Å²) < 4.78 is 0. The number of hydrogen-bond acceptors (Lipinski definition) is 3. The van der Waals surface area contributed by atoms with Crippen LogP contribution < -0.4 is 11.1 Å². The van der Waals surface area contributed by atoms with Gasteiger partial charge in [0.25, 0.3) is 0 Å². The molecule has 0 bridgehead atoms. The zero-order valence-electron chi connectivity index (χ0n) is 9.18. The highest BCUT2D eigenvalue weighted by atomic mass is 16.2. The molecule has 0 atom stereocenters. The molecule has 0 aliphatic carbocycles. The van der Waals surface area contributed by atoms with Crippen molar-refractivity contribution in [3.05, 3.63) is 0 Å². The molecule has 0 fully saturated rings. The fourth-order valence-electron chi connectivity index (χ4n) is 1.20. The SMILES string of the molecule is CC(C)(CCCO)CNC(=O)CCN. The van der Waals surface area contributed by atoms with E-state index in [1.165, 1.54) is 0 Å². The molecule has 0 aromatic carbocycles. The van der Waals surface area contributed by atoms with Crippen LogP contribution in [0.4, 0.5) is 0 Å². The Morgan fingerprint density at radius 1 is 1.50 bits per heavy atom. The van der Waals surface area contributed by atoms with Gasteiger partial charge in [-0.3, -0.25) is 4.79 Å². The molecule has 0 aliphatic heterocycles. The maximum atomic E-state index is 11.1. The van der Waals surface area contributed by atoms with Crippen molar-refractivity contribution in [2.75, 3.05) is 19.7 Å². The number of amides is 1. The Bertz CT molecular complexity index is 170. The smallest absolute Gasteiger partial charge is 0.221 e.